The van der Waals surface area contributed by atoms with Gasteiger partial charge in [-0.2, -0.15) is 0 Å². The molecular formula is C31H31Cl2N3O6S. The van der Waals surface area contributed by atoms with Crippen LogP contribution in [0.15, 0.2) is 47.0 Å². The molecule has 0 unspecified atom stereocenters. The van der Waals surface area contributed by atoms with Gasteiger partial charge < -0.3 is 14.2 Å². The Labute approximate surface area is 259 Å². The number of hydrogen-bond acceptors (Lipinski definition) is 8. The third-order valence-corrected chi connectivity index (χ3v) is 10.9. The lowest BCUT2D eigenvalue weighted by Gasteiger charge is -2.40. The first kappa shape index (κ1) is 28.7. The molecule has 2 saturated carbocycles. The molecule has 1 aromatic heterocycles. The summed E-state index contributed by atoms with van der Waals surface area (Å²) in [6, 6.07) is 12.5. The van der Waals surface area contributed by atoms with Crippen LogP contribution in [0.4, 0.5) is 5.69 Å². The van der Waals surface area contributed by atoms with E-state index in [0.717, 1.165) is 44.2 Å². The molecule has 2 bridgehead atoms. The van der Waals surface area contributed by atoms with Crippen LogP contribution in [-0.4, -0.2) is 49.4 Å². The van der Waals surface area contributed by atoms with Gasteiger partial charge in [0.2, 0.25) is 10.0 Å². The van der Waals surface area contributed by atoms with Gasteiger partial charge in [0, 0.05) is 47.7 Å². The molecule has 0 spiro atoms. The highest BCUT2D eigenvalue weighted by molar-refractivity contribution is 7.90. The van der Waals surface area contributed by atoms with Crippen LogP contribution in [0.5, 0.6) is 0 Å². The topological polar surface area (TPSA) is 119 Å². The molecule has 4 fully saturated rings. The van der Waals surface area contributed by atoms with Gasteiger partial charge in [-0.05, 0) is 80.8 Å². The first-order valence-electron chi connectivity index (χ1n) is 14.7. The van der Waals surface area contributed by atoms with Crippen molar-refractivity contribution >= 4 is 50.8 Å². The van der Waals surface area contributed by atoms with Crippen LogP contribution in [0.1, 0.15) is 83.8 Å². The monoisotopic (exact) mass is 643 g/mol. The maximum atomic E-state index is 13.7. The highest BCUT2D eigenvalue weighted by atomic mass is 35.5. The Morgan fingerprint density at radius 3 is 2.21 bits per heavy atom. The first-order valence-corrected chi connectivity index (χ1v) is 17.2. The standard InChI is InChI=1S/C31H31Cl2N3O6S/c32-24-2-1-3-25(33)26(24)28-27(29(42-34-28)18-6-7-18)31(38)41-23-14-21-12-13-22(15-23)36(21)20-10-8-19(9-11-20)30(37)35-43(39,40)16-17-4-5-17/h1-3,8-11,17-18,21-23H,4-7,12-16H2,(H,35,37)/t21-,22+,23+. The van der Waals surface area contributed by atoms with Crippen molar-refractivity contribution in [3.05, 3.63) is 69.4 Å². The van der Waals surface area contributed by atoms with Crippen molar-refractivity contribution in [1.82, 2.24) is 9.88 Å². The average molecular weight is 645 g/mol. The number of carbonyl (C=O) groups is 2. The van der Waals surface area contributed by atoms with Crippen LogP contribution in [0, 0.1) is 5.92 Å². The molecule has 3 aromatic rings. The van der Waals surface area contributed by atoms with Crippen LogP contribution in [0.25, 0.3) is 11.3 Å². The Morgan fingerprint density at radius 1 is 0.953 bits per heavy atom. The van der Waals surface area contributed by atoms with E-state index in [0.29, 0.717) is 51.0 Å². The van der Waals surface area contributed by atoms with Crippen molar-refractivity contribution in [3.8, 4) is 11.3 Å². The number of hydrogen-bond donors (Lipinski definition) is 1. The quantitative estimate of drug-likeness (QED) is 0.268. The Balaban J connectivity index is 1.04. The molecule has 12 heteroatoms. The normalized spacial score (nSPS) is 23.3. The molecule has 2 saturated heterocycles. The molecule has 43 heavy (non-hydrogen) atoms. The number of aromatic nitrogens is 1. The van der Waals surface area contributed by atoms with E-state index in [1.165, 1.54) is 0 Å². The SMILES string of the molecule is O=C(NS(=O)(=O)CC1CC1)c1ccc(N2[C@@H]3CC[C@H]2C[C@@H](OC(=O)c2c(-c4c(Cl)cccc4Cl)noc2C2CC2)C3)cc1. The lowest BCUT2D eigenvalue weighted by atomic mass is 9.98. The van der Waals surface area contributed by atoms with Gasteiger partial charge in [0.15, 0.2) is 5.76 Å². The Bertz CT molecular complexity index is 1650. The van der Waals surface area contributed by atoms with E-state index in [4.69, 9.17) is 32.5 Å². The fourth-order valence-electron chi connectivity index (χ4n) is 6.50. The third-order valence-electron chi connectivity index (χ3n) is 8.86. The molecule has 226 valence electrons. The molecular weight excluding hydrogens is 613 g/mol. The van der Waals surface area contributed by atoms with Crippen LogP contribution in [-0.2, 0) is 14.8 Å². The van der Waals surface area contributed by atoms with Gasteiger partial charge in [0.1, 0.15) is 17.4 Å². The number of ether oxygens (including phenoxy) is 1. The summed E-state index contributed by atoms with van der Waals surface area (Å²) < 4.78 is 38.4. The van der Waals surface area contributed by atoms with Gasteiger partial charge in [0.25, 0.3) is 5.91 Å². The number of esters is 1. The molecule has 1 N–H and O–H groups in total. The van der Waals surface area contributed by atoms with Gasteiger partial charge in [-0.25, -0.2) is 17.9 Å². The molecule has 2 aromatic carbocycles. The number of carbonyl (C=O) groups excluding carboxylic acids is 2. The number of nitrogens with one attached hydrogen (secondary N) is 1. The Kier molecular flexibility index (Phi) is 7.42. The zero-order chi connectivity index (χ0) is 29.9. The predicted octanol–water partition coefficient (Wildman–Crippen LogP) is 6.35. The summed E-state index contributed by atoms with van der Waals surface area (Å²) in [6.07, 6.45) is 6.59. The molecule has 9 nitrogen and oxygen atoms in total. The number of anilines is 1. The Hall–Kier alpha value is -3.08. The molecule has 3 atom stereocenters. The summed E-state index contributed by atoms with van der Waals surface area (Å²) >= 11 is 12.9. The second kappa shape index (κ2) is 11.1. The van der Waals surface area contributed by atoms with E-state index < -0.39 is 21.9 Å². The van der Waals surface area contributed by atoms with E-state index in [-0.39, 0.29) is 35.8 Å². The van der Waals surface area contributed by atoms with E-state index in [9.17, 15) is 18.0 Å². The molecule has 4 aliphatic rings. The summed E-state index contributed by atoms with van der Waals surface area (Å²) in [4.78, 5) is 28.6. The number of amides is 1. The van der Waals surface area contributed by atoms with Crippen LogP contribution >= 0.6 is 23.2 Å². The maximum Gasteiger partial charge on any atom is 0.344 e. The fourth-order valence-corrected chi connectivity index (χ4v) is 8.51. The lowest BCUT2D eigenvalue weighted by Crippen LogP contribution is -2.46. The minimum Gasteiger partial charge on any atom is -0.458 e. The first-order chi connectivity index (χ1) is 20.7. The van der Waals surface area contributed by atoms with Gasteiger partial charge in [-0.3, -0.25) is 4.79 Å². The number of sulfonamides is 1. The summed E-state index contributed by atoms with van der Waals surface area (Å²) in [5.41, 5.74) is 2.34. The smallest absolute Gasteiger partial charge is 0.344 e. The zero-order valence-corrected chi connectivity index (χ0v) is 25.6. The molecule has 2 aliphatic carbocycles. The zero-order valence-electron chi connectivity index (χ0n) is 23.3. The maximum absolute atomic E-state index is 13.7. The molecule has 0 radical (unpaired) electrons. The van der Waals surface area contributed by atoms with Crippen LogP contribution in [0.2, 0.25) is 10.0 Å². The van der Waals surface area contributed by atoms with Gasteiger partial charge in [-0.15, -0.1) is 0 Å². The minimum absolute atomic E-state index is 0.00619. The third kappa shape index (κ3) is 5.89. The number of rotatable bonds is 9. The lowest BCUT2D eigenvalue weighted by molar-refractivity contribution is 0.0202. The molecule has 2 aliphatic heterocycles. The number of benzene rings is 2. The molecule has 7 rings (SSSR count). The Morgan fingerprint density at radius 2 is 1.60 bits per heavy atom. The van der Waals surface area contributed by atoms with E-state index in [2.05, 4.69) is 14.8 Å². The summed E-state index contributed by atoms with van der Waals surface area (Å²) in [5.74, 6) is -0.276. The van der Waals surface area contributed by atoms with Crippen molar-refractivity contribution in [2.45, 2.75) is 75.5 Å². The minimum atomic E-state index is -3.64. The second-order valence-corrected chi connectivity index (χ2v) is 14.7. The predicted molar refractivity (Wildman–Crippen MR) is 162 cm³/mol. The fraction of sp³-hybridized carbons (Fsp3) is 0.452. The van der Waals surface area contributed by atoms with Crippen molar-refractivity contribution < 1.29 is 27.3 Å². The van der Waals surface area contributed by atoms with Gasteiger partial charge in [-0.1, -0.05) is 34.4 Å². The molecule has 1 amide bonds. The second-order valence-electron chi connectivity index (χ2n) is 12.1. The van der Waals surface area contributed by atoms with Crippen LogP contribution in [0.3, 0.4) is 0 Å². The summed E-state index contributed by atoms with van der Waals surface area (Å²) in [7, 11) is -3.64. The number of halogens is 2. The van der Waals surface area contributed by atoms with E-state index >= 15 is 0 Å². The van der Waals surface area contributed by atoms with Crippen LogP contribution < -0.4 is 9.62 Å². The molecule has 3 heterocycles. The van der Waals surface area contributed by atoms with Crippen molar-refractivity contribution in [1.29, 1.82) is 0 Å². The highest BCUT2D eigenvalue weighted by Gasteiger charge is 2.44. The number of fused-ring (bicyclic) bond motifs is 2. The number of nitrogens with zero attached hydrogens (tertiary/aromatic N) is 2. The van der Waals surface area contributed by atoms with Crippen molar-refractivity contribution in [2.75, 3.05) is 10.7 Å². The van der Waals surface area contributed by atoms with Gasteiger partial charge >= 0.3 is 5.97 Å². The number of piperidine rings is 1. The van der Waals surface area contributed by atoms with E-state index in [1.54, 1.807) is 30.3 Å². The van der Waals surface area contributed by atoms with E-state index in [1.807, 2.05) is 12.1 Å². The van der Waals surface area contributed by atoms with Crippen molar-refractivity contribution in [3.63, 3.8) is 0 Å². The summed E-state index contributed by atoms with van der Waals surface area (Å²) in [5, 5.41) is 4.98. The van der Waals surface area contributed by atoms with Gasteiger partial charge in [0.05, 0.1) is 15.8 Å². The highest BCUT2D eigenvalue weighted by Crippen LogP contribution is 2.47. The average Bonchev–Trinajstić information content (AvgIpc) is 3.89. The summed E-state index contributed by atoms with van der Waals surface area (Å²) in [6.45, 7) is 0. The van der Waals surface area contributed by atoms with Crippen molar-refractivity contribution in [2.24, 2.45) is 5.92 Å². The largest absolute Gasteiger partial charge is 0.458 e.